The average molecular weight is 516 g/mol. The summed E-state index contributed by atoms with van der Waals surface area (Å²) in [5, 5.41) is 7.74. The van der Waals surface area contributed by atoms with Crippen LogP contribution in [0.4, 0.5) is 4.39 Å². The maximum absolute atomic E-state index is 13.1. The summed E-state index contributed by atoms with van der Waals surface area (Å²) in [5.41, 5.74) is 4.26. The minimum Gasteiger partial charge on any atom is -0.489 e. The molecule has 2 N–H and O–H groups in total. The van der Waals surface area contributed by atoms with E-state index in [1.54, 1.807) is 56.3 Å². The van der Waals surface area contributed by atoms with Crippen molar-refractivity contribution in [3.8, 4) is 5.75 Å². The third-order valence-corrected chi connectivity index (χ3v) is 5.61. The van der Waals surface area contributed by atoms with E-state index in [4.69, 9.17) is 27.9 Å². The summed E-state index contributed by atoms with van der Waals surface area (Å²) in [5.74, 6) is -0.940. The molecule has 0 saturated carbocycles. The highest BCUT2D eigenvalue weighted by Gasteiger charge is 2.24. The lowest BCUT2D eigenvalue weighted by Gasteiger charge is -2.20. The Morgan fingerprint density at radius 1 is 1.03 bits per heavy atom. The number of hydrogen-bond acceptors (Lipinski definition) is 4. The van der Waals surface area contributed by atoms with Crippen LogP contribution in [0.3, 0.4) is 0 Å². The first-order valence-electron chi connectivity index (χ1n) is 10.8. The molecule has 0 aliphatic heterocycles. The molecule has 0 radical (unpaired) electrons. The summed E-state index contributed by atoms with van der Waals surface area (Å²) in [6, 6.07) is 16.6. The first kappa shape index (κ1) is 26.2. The molecule has 1 atom stereocenters. The maximum atomic E-state index is 13.1. The molecule has 182 valence electrons. The van der Waals surface area contributed by atoms with Crippen LogP contribution in [0.25, 0.3) is 0 Å². The van der Waals surface area contributed by atoms with Crippen molar-refractivity contribution in [2.75, 3.05) is 0 Å². The van der Waals surface area contributed by atoms with E-state index in [0.29, 0.717) is 22.4 Å². The van der Waals surface area contributed by atoms with Crippen LogP contribution in [-0.4, -0.2) is 24.1 Å². The summed E-state index contributed by atoms with van der Waals surface area (Å²) in [4.78, 5) is 25.0. The van der Waals surface area contributed by atoms with E-state index < -0.39 is 23.7 Å². The highest BCUT2D eigenvalue weighted by Crippen LogP contribution is 2.22. The molecule has 35 heavy (non-hydrogen) atoms. The van der Waals surface area contributed by atoms with Gasteiger partial charge in [0.25, 0.3) is 11.8 Å². The number of nitrogens with one attached hydrogen (secondary N) is 2. The molecule has 0 aliphatic rings. The monoisotopic (exact) mass is 515 g/mol. The molecule has 3 aromatic rings. The van der Waals surface area contributed by atoms with Crippen molar-refractivity contribution in [2.24, 2.45) is 11.0 Å². The third kappa shape index (κ3) is 7.80. The second-order valence-electron chi connectivity index (χ2n) is 8.03. The number of carbonyl (C=O) groups excluding carboxylic acids is 2. The second-order valence-corrected chi connectivity index (χ2v) is 8.87. The molecule has 3 rings (SSSR count). The topological polar surface area (TPSA) is 79.8 Å². The number of nitrogens with zero attached hydrogens (tertiary/aromatic N) is 1. The Labute approximate surface area is 213 Å². The van der Waals surface area contributed by atoms with E-state index in [-0.39, 0.29) is 11.5 Å². The largest absolute Gasteiger partial charge is 0.489 e. The van der Waals surface area contributed by atoms with Gasteiger partial charge in [0.2, 0.25) is 0 Å². The minimum absolute atomic E-state index is 0.194. The van der Waals surface area contributed by atoms with E-state index in [2.05, 4.69) is 15.8 Å². The minimum atomic E-state index is -0.819. The predicted molar refractivity (Wildman–Crippen MR) is 135 cm³/mol. The molecule has 0 aliphatic carbocycles. The summed E-state index contributed by atoms with van der Waals surface area (Å²) in [6.45, 7) is 3.89. The van der Waals surface area contributed by atoms with Crippen LogP contribution in [0, 0.1) is 11.7 Å². The number of rotatable bonds is 9. The number of ether oxygens (including phenoxy) is 1. The fourth-order valence-corrected chi connectivity index (χ4v) is 3.51. The van der Waals surface area contributed by atoms with Crippen molar-refractivity contribution in [1.82, 2.24) is 10.7 Å². The zero-order valence-electron chi connectivity index (χ0n) is 19.1. The van der Waals surface area contributed by atoms with Crippen molar-refractivity contribution in [3.05, 3.63) is 99.3 Å². The van der Waals surface area contributed by atoms with Crippen molar-refractivity contribution < 1.29 is 18.7 Å². The van der Waals surface area contributed by atoms with Crippen LogP contribution in [0.2, 0.25) is 10.0 Å². The molecule has 0 fully saturated rings. The van der Waals surface area contributed by atoms with Gasteiger partial charge in [-0.2, -0.15) is 5.10 Å². The Balaban J connectivity index is 1.53. The van der Waals surface area contributed by atoms with Crippen molar-refractivity contribution in [3.63, 3.8) is 0 Å². The Morgan fingerprint density at radius 3 is 2.34 bits per heavy atom. The van der Waals surface area contributed by atoms with Crippen LogP contribution in [0.1, 0.15) is 35.3 Å². The van der Waals surface area contributed by atoms with Gasteiger partial charge in [-0.25, -0.2) is 9.82 Å². The number of hydrogen-bond donors (Lipinski definition) is 2. The molecule has 9 heteroatoms. The summed E-state index contributed by atoms with van der Waals surface area (Å²) in [7, 11) is 0. The van der Waals surface area contributed by atoms with E-state index in [9.17, 15) is 14.0 Å². The van der Waals surface area contributed by atoms with Gasteiger partial charge < -0.3 is 10.1 Å². The predicted octanol–water partition coefficient (Wildman–Crippen LogP) is 5.62. The van der Waals surface area contributed by atoms with Crippen LogP contribution in [0.5, 0.6) is 5.75 Å². The molecule has 0 spiro atoms. The van der Waals surface area contributed by atoms with Gasteiger partial charge >= 0.3 is 0 Å². The van der Waals surface area contributed by atoms with Gasteiger partial charge in [0.05, 0.1) is 6.21 Å². The number of halogens is 3. The van der Waals surface area contributed by atoms with Gasteiger partial charge in [-0.05, 0) is 72.1 Å². The molecule has 2 amide bonds. The SMILES string of the molecule is CC(C)C(NC(=O)c1ccc(F)cc1)C(=O)NN=Cc1ccc(OCc2ccc(Cl)cc2Cl)cc1. The van der Waals surface area contributed by atoms with Gasteiger partial charge in [-0.1, -0.05) is 43.1 Å². The molecule has 0 heterocycles. The second kappa shape index (κ2) is 12.3. The Bertz CT molecular complexity index is 1200. The molecule has 3 aromatic carbocycles. The van der Waals surface area contributed by atoms with Gasteiger partial charge in [-0.3, -0.25) is 9.59 Å². The molecule has 0 aromatic heterocycles. The Morgan fingerprint density at radius 2 is 1.71 bits per heavy atom. The summed E-state index contributed by atoms with van der Waals surface area (Å²) in [6.07, 6.45) is 1.48. The van der Waals surface area contributed by atoms with Crippen LogP contribution < -0.4 is 15.5 Å². The summed E-state index contributed by atoms with van der Waals surface area (Å²) < 4.78 is 18.8. The van der Waals surface area contributed by atoms with Gasteiger partial charge in [-0.15, -0.1) is 0 Å². The highest BCUT2D eigenvalue weighted by atomic mass is 35.5. The molecule has 0 bridgehead atoms. The Kier molecular flexibility index (Phi) is 9.23. The van der Waals surface area contributed by atoms with Crippen molar-refractivity contribution >= 4 is 41.2 Å². The maximum Gasteiger partial charge on any atom is 0.262 e. The molecule has 6 nitrogen and oxygen atoms in total. The highest BCUT2D eigenvalue weighted by molar-refractivity contribution is 6.35. The standard InChI is InChI=1S/C26H24Cl2FN3O3/c1-16(2)24(31-25(33)18-6-9-21(29)10-7-18)26(34)32-30-14-17-3-11-22(12-4-17)35-15-19-5-8-20(27)13-23(19)28/h3-14,16,24H,15H2,1-2H3,(H,31,33)(H,32,34). The van der Waals surface area contributed by atoms with Crippen LogP contribution in [0.15, 0.2) is 71.8 Å². The van der Waals surface area contributed by atoms with Crippen molar-refractivity contribution in [1.29, 1.82) is 0 Å². The molecular formula is C26H24Cl2FN3O3. The number of benzene rings is 3. The lowest BCUT2D eigenvalue weighted by molar-refractivity contribution is -0.123. The van der Waals surface area contributed by atoms with Crippen LogP contribution >= 0.6 is 23.2 Å². The smallest absolute Gasteiger partial charge is 0.262 e. The first-order valence-corrected chi connectivity index (χ1v) is 11.5. The van der Waals surface area contributed by atoms with E-state index in [1.165, 1.54) is 30.5 Å². The van der Waals surface area contributed by atoms with Gasteiger partial charge in [0.1, 0.15) is 24.2 Å². The normalized spacial score (nSPS) is 11.9. The first-order chi connectivity index (χ1) is 16.7. The lowest BCUT2D eigenvalue weighted by Crippen LogP contribution is -2.48. The van der Waals surface area contributed by atoms with Crippen molar-refractivity contribution in [2.45, 2.75) is 26.5 Å². The summed E-state index contributed by atoms with van der Waals surface area (Å²) >= 11 is 12.1. The number of amides is 2. The molecule has 0 saturated heterocycles. The molecule has 1 unspecified atom stereocenters. The number of hydrazone groups is 1. The lowest BCUT2D eigenvalue weighted by atomic mass is 10.0. The third-order valence-electron chi connectivity index (χ3n) is 5.02. The van der Waals surface area contributed by atoms with Gasteiger partial charge in [0.15, 0.2) is 0 Å². The fraction of sp³-hybridized carbons (Fsp3) is 0.192. The van der Waals surface area contributed by atoms with E-state index in [0.717, 1.165) is 11.1 Å². The van der Waals surface area contributed by atoms with E-state index >= 15 is 0 Å². The Hall–Kier alpha value is -3.42. The average Bonchev–Trinajstić information content (AvgIpc) is 2.83. The quantitative estimate of drug-likeness (QED) is 0.286. The van der Waals surface area contributed by atoms with Crippen LogP contribution in [-0.2, 0) is 11.4 Å². The zero-order chi connectivity index (χ0) is 25.4. The fourth-order valence-electron chi connectivity index (χ4n) is 3.05. The van der Waals surface area contributed by atoms with E-state index in [1.807, 2.05) is 0 Å². The zero-order valence-corrected chi connectivity index (χ0v) is 20.6. The van der Waals surface area contributed by atoms with Gasteiger partial charge in [0, 0.05) is 21.2 Å². The molecular weight excluding hydrogens is 492 g/mol. The number of carbonyl (C=O) groups is 2.